The molecule has 3 aromatic rings. The fourth-order valence-corrected chi connectivity index (χ4v) is 26.9. The second-order valence-corrected chi connectivity index (χ2v) is 33.4. The van der Waals surface area contributed by atoms with Crippen molar-refractivity contribution in [3.63, 3.8) is 0 Å². The molecule has 0 aliphatic heterocycles. The molecule has 5 heteroatoms. The molecule has 288 valence electrons. The van der Waals surface area contributed by atoms with Crippen LogP contribution < -0.4 is 15.1 Å². The molecular weight excluding hydrogens is 759 g/mol. The zero-order valence-electron chi connectivity index (χ0n) is 34.3. The maximum atomic E-state index is 7.87. The fourth-order valence-electron chi connectivity index (χ4n) is 7.80. The van der Waals surface area contributed by atoms with Gasteiger partial charge in [0.25, 0.3) is 0 Å². The van der Waals surface area contributed by atoms with Crippen molar-refractivity contribution in [2.24, 2.45) is 0 Å². The molecule has 0 saturated heterocycles. The third kappa shape index (κ3) is 14.4. The van der Waals surface area contributed by atoms with E-state index < -0.39 is 26.7 Å². The van der Waals surface area contributed by atoms with Gasteiger partial charge in [-0.3, -0.25) is 0 Å². The summed E-state index contributed by atoms with van der Waals surface area (Å²) in [6.07, 6.45) is 19.4. The summed E-state index contributed by atoms with van der Waals surface area (Å²) < 4.78 is 26.5. The third-order valence-corrected chi connectivity index (χ3v) is 30.1. The van der Waals surface area contributed by atoms with Gasteiger partial charge in [0.05, 0.1) is 13.7 Å². The Morgan fingerprint density at radius 3 is 1.62 bits per heavy atom. The Hall–Kier alpha value is -1.86. The molecule has 0 radical (unpaired) electrons. The Kier molecular flexibility index (Phi) is 21.0. The first-order valence-corrected chi connectivity index (χ1v) is 30.5. The predicted molar refractivity (Wildman–Crippen MR) is 232 cm³/mol. The van der Waals surface area contributed by atoms with Gasteiger partial charge in [0.2, 0.25) is 0 Å². The number of rotatable bonds is 27. The SMILES string of the molecule is CCC[CH2][Sn](/[CH]=C/[C@H](CCCCCCCCOCc1ccc(OC)cc1)O[Si](c1ccccc1)(c1ccccc1)C(C)(C)C)([CH2]CCC)[CH2]CCC. The van der Waals surface area contributed by atoms with Crippen molar-refractivity contribution in [1.82, 2.24) is 0 Å². The van der Waals surface area contributed by atoms with E-state index in [4.69, 9.17) is 13.9 Å². The van der Waals surface area contributed by atoms with Crippen LogP contribution in [0, 0.1) is 0 Å². The fraction of sp³-hybridized carbons (Fsp3) is 0.574. The molecule has 0 N–H and O–H groups in total. The van der Waals surface area contributed by atoms with Crippen LogP contribution in [0.5, 0.6) is 5.75 Å². The average molecular weight is 834 g/mol. The normalized spacial score (nSPS) is 13.1. The van der Waals surface area contributed by atoms with Crippen molar-refractivity contribution in [2.45, 2.75) is 156 Å². The zero-order chi connectivity index (χ0) is 37.5. The van der Waals surface area contributed by atoms with Gasteiger partial charge in [-0.15, -0.1) is 0 Å². The first-order valence-electron chi connectivity index (χ1n) is 20.9. The van der Waals surface area contributed by atoms with Crippen LogP contribution in [0.1, 0.15) is 131 Å². The van der Waals surface area contributed by atoms with Gasteiger partial charge in [-0.2, -0.15) is 0 Å². The van der Waals surface area contributed by atoms with E-state index in [2.05, 4.69) is 125 Å². The summed E-state index contributed by atoms with van der Waals surface area (Å²) in [5.74, 6) is 0.891. The number of ether oxygens (including phenoxy) is 2. The monoisotopic (exact) mass is 834 g/mol. The summed E-state index contributed by atoms with van der Waals surface area (Å²) in [5.41, 5.74) is 1.20. The van der Waals surface area contributed by atoms with Gasteiger partial charge in [0.1, 0.15) is 5.75 Å². The second-order valence-electron chi connectivity index (χ2n) is 16.2. The molecule has 0 amide bonds. The van der Waals surface area contributed by atoms with E-state index in [9.17, 15) is 0 Å². The van der Waals surface area contributed by atoms with E-state index in [1.807, 2.05) is 12.1 Å². The molecule has 0 aliphatic rings. The first kappa shape index (κ1) is 44.5. The molecule has 0 bridgehead atoms. The van der Waals surface area contributed by atoms with E-state index in [1.165, 1.54) is 99.9 Å². The van der Waals surface area contributed by atoms with Crippen LogP contribution in [0.4, 0.5) is 0 Å². The number of unbranched alkanes of at least 4 members (excludes halogenated alkanes) is 8. The van der Waals surface area contributed by atoms with Crippen LogP contribution in [-0.4, -0.2) is 46.5 Å². The minimum absolute atomic E-state index is 0.0236. The van der Waals surface area contributed by atoms with Crippen molar-refractivity contribution >= 4 is 37.1 Å². The maximum absolute atomic E-state index is 7.87. The van der Waals surface area contributed by atoms with E-state index in [-0.39, 0.29) is 11.1 Å². The summed E-state index contributed by atoms with van der Waals surface area (Å²) in [7, 11) is -0.952. The number of benzene rings is 3. The molecule has 0 fully saturated rings. The molecule has 1 atom stereocenters. The van der Waals surface area contributed by atoms with Gasteiger partial charge in [-0.1, -0.05) is 12.1 Å². The molecule has 3 nitrogen and oxygen atoms in total. The van der Waals surface area contributed by atoms with Crippen LogP contribution in [-0.2, 0) is 15.8 Å². The van der Waals surface area contributed by atoms with Crippen molar-refractivity contribution in [1.29, 1.82) is 0 Å². The predicted octanol–water partition coefficient (Wildman–Crippen LogP) is 12.8. The van der Waals surface area contributed by atoms with E-state index in [0.29, 0.717) is 6.61 Å². The van der Waals surface area contributed by atoms with Crippen molar-refractivity contribution in [2.75, 3.05) is 13.7 Å². The first-order chi connectivity index (χ1) is 25.2. The minimum atomic E-state index is -2.66. The van der Waals surface area contributed by atoms with Crippen LogP contribution in [0.25, 0.3) is 0 Å². The summed E-state index contributed by atoms with van der Waals surface area (Å²) in [5, 5.41) is 2.75. The van der Waals surface area contributed by atoms with Crippen molar-refractivity contribution in [3.8, 4) is 5.75 Å². The Morgan fingerprint density at radius 1 is 0.635 bits per heavy atom. The number of hydrogen-bond acceptors (Lipinski definition) is 3. The molecular formula is C47H74O3SiSn. The Morgan fingerprint density at radius 2 is 1.13 bits per heavy atom. The summed E-state index contributed by atoms with van der Waals surface area (Å²) >= 11 is -2.51. The topological polar surface area (TPSA) is 27.7 Å². The summed E-state index contributed by atoms with van der Waals surface area (Å²) in [6.45, 7) is 15.9. The van der Waals surface area contributed by atoms with E-state index in [1.54, 1.807) is 7.11 Å². The summed E-state index contributed by atoms with van der Waals surface area (Å²) in [4.78, 5) is 0. The van der Waals surface area contributed by atoms with Gasteiger partial charge in [-0.05, 0) is 17.7 Å². The van der Waals surface area contributed by atoms with Crippen LogP contribution in [0.15, 0.2) is 95.1 Å². The van der Waals surface area contributed by atoms with E-state index in [0.717, 1.165) is 25.2 Å². The molecule has 52 heavy (non-hydrogen) atoms. The molecule has 0 aromatic heterocycles. The number of hydrogen-bond donors (Lipinski definition) is 0. The second kappa shape index (κ2) is 24.5. The molecule has 0 saturated carbocycles. The standard InChI is InChI=1S/C35H47O3Si.3C4H9.Sn/c1-6-31(19-13-9-7-8-10-18-28-37-29-30-24-26-32(36-5)27-25-30)38-39(35(2,3)4,33-20-14-11-15-21-33)34-22-16-12-17-23-34;3*1-3-4-2;/h1,6,11-12,14-17,20-27,31H,7-10,13,18-19,28-29H2,2-5H3;3*1,3-4H2,2H3;/t31-;;;;/m1..../s1. The average Bonchev–Trinajstić information content (AvgIpc) is 3.17. The molecule has 3 aromatic carbocycles. The van der Waals surface area contributed by atoms with Crippen molar-refractivity contribution in [3.05, 3.63) is 101 Å². The molecule has 0 unspecified atom stereocenters. The van der Waals surface area contributed by atoms with Gasteiger partial charge < -0.3 is 4.74 Å². The Bertz CT molecular complexity index is 1290. The quantitative estimate of drug-likeness (QED) is 0.0566. The molecule has 0 aliphatic carbocycles. The van der Waals surface area contributed by atoms with Crippen LogP contribution in [0.2, 0.25) is 18.3 Å². The Labute approximate surface area is 325 Å². The van der Waals surface area contributed by atoms with E-state index >= 15 is 0 Å². The Balaban J connectivity index is 1.76. The molecule has 0 spiro atoms. The van der Waals surface area contributed by atoms with Crippen LogP contribution >= 0.6 is 0 Å². The van der Waals surface area contributed by atoms with Crippen molar-refractivity contribution < 1.29 is 13.9 Å². The zero-order valence-corrected chi connectivity index (χ0v) is 38.1. The van der Waals surface area contributed by atoms with Gasteiger partial charge in [0.15, 0.2) is 0 Å². The summed E-state index contributed by atoms with van der Waals surface area (Å²) in [6, 6.07) is 30.7. The van der Waals surface area contributed by atoms with Crippen LogP contribution in [0.3, 0.4) is 0 Å². The third-order valence-electron chi connectivity index (χ3n) is 10.9. The number of methoxy groups -OCH3 is 1. The van der Waals surface area contributed by atoms with Gasteiger partial charge in [-0.25, -0.2) is 0 Å². The molecule has 3 rings (SSSR count). The molecule has 0 heterocycles. The van der Waals surface area contributed by atoms with Gasteiger partial charge in [0, 0.05) is 0 Å². The van der Waals surface area contributed by atoms with Gasteiger partial charge >= 0.3 is 273 Å².